The highest BCUT2D eigenvalue weighted by atomic mass is 35.5. The number of hydrogen-bond acceptors (Lipinski definition) is 2. The predicted molar refractivity (Wildman–Crippen MR) is 99.2 cm³/mol. The Hall–Kier alpha value is -2.33. The van der Waals surface area contributed by atoms with Crippen LogP contribution in [-0.2, 0) is 0 Å². The number of carbonyl (C=O) groups is 2. The fourth-order valence-corrected chi connectivity index (χ4v) is 3.16. The molecule has 5 heteroatoms. The molecule has 1 aliphatic heterocycles. The maximum atomic E-state index is 12.7. The molecule has 3 rings (SSSR count). The summed E-state index contributed by atoms with van der Waals surface area (Å²) < 4.78 is 0. The lowest BCUT2D eigenvalue weighted by molar-refractivity contribution is 0.0535. The van der Waals surface area contributed by atoms with Gasteiger partial charge in [-0.1, -0.05) is 23.7 Å². The van der Waals surface area contributed by atoms with Crippen molar-refractivity contribution in [2.24, 2.45) is 0 Å². The average Bonchev–Trinajstić information content (AvgIpc) is 2.63. The highest BCUT2D eigenvalue weighted by molar-refractivity contribution is 6.30. The third kappa shape index (κ3) is 3.85. The molecule has 0 spiro atoms. The fraction of sp³-hybridized carbons (Fsp3) is 0.300. The van der Waals surface area contributed by atoms with Gasteiger partial charge in [-0.15, -0.1) is 0 Å². The molecule has 0 N–H and O–H groups in total. The predicted octanol–water partition coefficient (Wildman–Crippen LogP) is 3.56. The molecule has 0 aromatic heterocycles. The zero-order valence-electron chi connectivity index (χ0n) is 14.5. The number of piperazine rings is 1. The monoisotopic (exact) mass is 356 g/mol. The van der Waals surface area contributed by atoms with Crippen molar-refractivity contribution in [1.29, 1.82) is 0 Å². The molecule has 130 valence electrons. The van der Waals surface area contributed by atoms with Crippen LogP contribution in [-0.4, -0.2) is 47.8 Å². The van der Waals surface area contributed by atoms with E-state index >= 15 is 0 Å². The minimum absolute atomic E-state index is 0.0259. The first-order valence-corrected chi connectivity index (χ1v) is 8.75. The lowest BCUT2D eigenvalue weighted by Crippen LogP contribution is -2.50. The Kier molecular flexibility index (Phi) is 5.09. The van der Waals surface area contributed by atoms with E-state index in [2.05, 4.69) is 0 Å². The van der Waals surface area contributed by atoms with Gasteiger partial charge >= 0.3 is 0 Å². The number of aryl methyl sites for hydroxylation is 2. The zero-order valence-corrected chi connectivity index (χ0v) is 15.2. The zero-order chi connectivity index (χ0) is 18.0. The highest BCUT2D eigenvalue weighted by Crippen LogP contribution is 2.16. The molecule has 0 saturated carbocycles. The molecule has 2 aromatic rings. The van der Waals surface area contributed by atoms with Crippen LogP contribution in [0.5, 0.6) is 0 Å². The second kappa shape index (κ2) is 7.28. The van der Waals surface area contributed by atoms with E-state index in [-0.39, 0.29) is 11.8 Å². The van der Waals surface area contributed by atoms with Gasteiger partial charge in [-0.2, -0.15) is 0 Å². The third-order valence-corrected chi connectivity index (χ3v) is 4.91. The molecular formula is C20H21ClN2O2. The van der Waals surface area contributed by atoms with Gasteiger partial charge in [0.05, 0.1) is 0 Å². The molecule has 0 radical (unpaired) electrons. The van der Waals surface area contributed by atoms with Gasteiger partial charge < -0.3 is 9.80 Å². The van der Waals surface area contributed by atoms with E-state index in [9.17, 15) is 9.59 Å². The smallest absolute Gasteiger partial charge is 0.254 e. The number of halogens is 1. The number of nitrogens with zero attached hydrogens (tertiary/aromatic N) is 2. The second-order valence-electron chi connectivity index (χ2n) is 6.39. The van der Waals surface area contributed by atoms with Crippen LogP contribution in [0.1, 0.15) is 31.8 Å². The quantitative estimate of drug-likeness (QED) is 0.825. The molecule has 0 unspecified atom stereocenters. The maximum Gasteiger partial charge on any atom is 0.254 e. The number of benzene rings is 2. The van der Waals surface area contributed by atoms with Crippen molar-refractivity contribution in [1.82, 2.24) is 9.80 Å². The lowest BCUT2D eigenvalue weighted by Gasteiger charge is -2.35. The van der Waals surface area contributed by atoms with Gasteiger partial charge in [0.25, 0.3) is 11.8 Å². The van der Waals surface area contributed by atoms with Gasteiger partial charge in [0.1, 0.15) is 0 Å². The van der Waals surface area contributed by atoms with E-state index in [1.165, 1.54) is 5.56 Å². The minimum atomic E-state index is -0.0409. The van der Waals surface area contributed by atoms with E-state index in [1.807, 2.05) is 36.9 Å². The van der Waals surface area contributed by atoms with Crippen molar-refractivity contribution >= 4 is 23.4 Å². The van der Waals surface area contributed by atoms with Crippen molar-refractivity contribution in [3.63, 3.8) is 0 Å². The molecular weight excluding hydrogens is 336 g/mol. The summed E-state index contributed by atoms with van der Waals surface area (Å²) in [7, 11) is 0. The van der Waals surface area contributed by atoms with Crippen LogP contribution < -0.4 is 0 Å². The van der Waals surface area contributed by atoms with Crippen LogP contribution in [0.3, 0.4) is 0 Å². The van der Waals surface area contributed by atoms with Crippen molar-refractivity contribution in [2.75, 3.05) is 26.2 Å². The summed E-state index contributed by atoms with van der Waals surface area (Å²) in [5, 5.41) is 0.550. The van der Waals surface area contributed by atoms with Crippen LogP contribution in [0.15, 0.2) is 42.5 Å². The van der Waals surface area contributed by atoms with Gasteiger partial charge in [-0.25, -0.2) is 0 Å². The standard InChI is InChI=1S/C20H21ClN2O2/c1-14-6-7-17(12-15(14)2)20(25)23-10-8-22(9-11-23)19(24)16-4-3-5-18(21)13-16/h3-7,12-13H,8-11H2,1-2H3. The first kappa shape index (κ1) is 17.5. The van der Waals surface area contributed by atoms with E-state index in [4.69, 9.17) is 11.6 Å². The van der Waals surface area contributed by atoms with E-state index in [0.29, 0.717) is 42.3 Å². The molecule has 1 saturated heterocycles. The molecule has 4 nitrogen and oxygen atoms in total. The Bertz CT molecular complexity index is 811. The van der Waals surface area contributed by atoms with Crippen molar-refractivity contribution < 1.29 is 9.59 Å². The lowest BCUT2D eigenvalue weighted by atomic mass is 10.1. The Morgan fingerprint density at radius 1 is 0.800 bits per heavy atom. The largest absolute Gasteiger partial charge is 0.335 e. The normalized spacial score (nSPS) is 14.5. The molecule has 25 heavy (non-hydrogen) atoms. The van der Waals surface area contributed by atoms with Crippen molar-refractivity contribution in [3.05, 3.63) is 69.7 Å². The molecule has 0 bridgehead atoms. The highest BCUT2D eigenvalue weighted by Gasteiger charge is 2.25. The van der Waals surface area contributed by atoms with Crippen LogP contribution in [0.25, 0.3) is 0 Å². The van der Waals surface area contributed by atoms with Gasteiger partial charge in [0, 0.05) is 42.3 Å². The van der Waals surface area contributed by atoms with E-state index in [1.54, 1.807) is 29.2 Å². The minimum Gasteiger partial charge on any atom is -0.335 e. The summed E-state index contributed by atoms with van der Waals surface area (Å²) in [6.45, 7) is 6.18. The number of amides is 2. The molecule has 2 aromatic carbocycles. The Morgan fingerprint density at radius 3 is 1.88 bits per heavy atom. The van der Waals surface area contributed by atoms with Crippen LogP contribution in [0.4, 0.5) is 0 Å². The first-order valence-electron chi connectivity index (χ1n) is 8.37. The summed E-state index contributed by atoms with van der Waals surface area (Å²) in [6, 6.07) is 12.7. The first-order chi connectivity index (χ1) is 12.0. The van der Waals surface area contributed by atoms with Crippen LogP contribution in [0.2, 0.25) is 5.02 Å². The SMILES string of the molecule is Cc1ccc(C(=O)N2CCN(C(=O)c3cccc(Cl)c3)CC2)cc1C. The summed E-state index contributed by atoms with van der Waals surface area (Å²) in [5.41, 5.74) is 3.58. The summed E-state index contributed by atoms with van der Waals surface area (Å²) in [6.07, 6.45) is 0. The third-order valence-electron chi connectivity index (χ3n) is 4.68. The molecule has 0 atom stereocenters. The second-order valence-corrected chi connectivity index (χ2v) is 6.83. The maximum absolute atomic E-state index is 12.7. The molecule has 1 fully saturated rings. The summed E-state index contributed by atoms with van der Waals surface area (Å²) in [4.78, 5) is 28.8. The Balaban J connectivity index is 1.64. The molecule has 2 amide bonds. The Labute approximate surface area is 153 Å². The Morgan fingerprint density at radius 2 is 1.36 bits per heavy atom. The van der Waals surface area contributed by atoms with Crippen molar-refractivity contribution in [3.8, 4) is 0 Å². The molecule has 0 aliphatic carbocycles. The number of carbonyl (C=O) groups excluding carboxylic acids is 2. The topological polar surface area (TPSA) is 40.6 Å². The van der Waals surface area contributed by atoms with Gasteiger partial charge in [-0.05, 0) is 55.3 Å². The van der Waals surface area contributed by atoms with Crippen molar-refractivity contribution in [2.45, 2.75) is 13.8 Å². The van der Waals surface area contributed by atoms with Crippen LogP contribution in [0, 0.1) is 13.8 Å². The average molecular weight is 357 g/mol. The van der Waals surface area contributed by atoms with Gasteiger partial charge in [-0.3, -0.25) is 9.59 Å². The number of rotatable bonds is 2. The fourth-order valence-electron chi connectivity index (χ4n) is 2.97. The summed E-state index contributed by atoms with van der Waals surface area (Å²) in [5.74, 6) is -0.0151. The van der Waals surface area contributed by atoms with Gasteiger partial charge in [0.2, 0.25) is 0 Å². The molecule has 1 aliphatic rings. The summed E-state index contributed by atoms with van der Waals surface area (Å²) >= 11 is 5.96. The van der Waals surface area contributed by atoms with Gasteiger partial charge in [0.15, 0.2) is 0 Å². The van der Waals surface area contributed by atoms with E-state index in [0.717, 1.165) is 5.56 Å². The van der Waals surface area contributed by atoms with E-state index < -0.39 is 0 Å². The molecule has 1 heterocycles. The van der Waals surface area contributed by atoms with Crippen LogP contribution >= 0.6 is 11.6 Å². The number of hydrogen-bond donors (Lipinski definition) is 0.